The molecule has 0 spiro atoms. The van der Waals surface area contributed by atoms with Gasteiger partial charge in [-0.15, -0.1) is 0 Å². The zero-order valence-electron chi connectivity index (χ0n) is 12.6. The van der Waals surface area contributed by atoms with Gasteiger partial charge in [-0.1, -0.05) is 25.1 Å². The molecule has 1 aromatic carbocycles. The second-order valence-corrected chi connectivity index (χ2v) is 4.56. The van der Waals surface area contributed by atoms with Crippen molar-refractivity contribution in [1.82, 2.24) is 5.32 Å². The smallest absolute Gasteiger partial charge is 0.331 e. The molecule has 0 heterocycles. The van der Waals surface area contributed by atoms with Crippen LogP contribution in [-0.4, -0.2) is 31.6 Å². The number of hydrogen-bond acceptors (Lipinski definition) is 4. The van der Waals surface area contributed by atoms with Crippen LogP contribution < -0.4 is 10.1 Å². The Morgan fingerprint density at radius 3 is 2.71 bits per heavy atom. The lowest BCUT2D eigenvalue weighted by molar-refractivity contribution is -0.144. The van der Waals surface area contributed by atoms with Crippen LogP contribution in [0.15, 0.2) is 30.3 Å². The molecule has 114 valence electrons. The third-order valence-electron chi connectivity index (χ3n) is 2.90. The van der Waals surface area contributed by atoms with E-state index >= 15 is 0 Å². The standard InChI is InChI=1S/C16H21NO4/c1-4-12(2)17-15(18)11-21-16(19)10-9-13-7-5-6-8-14(13)20-3/h5-10,12H,4,11H2,1-3H3,(H,17,18)/b10-9+/t12-/m1/s1. The van der Waals surface area contributed by atoms with Gasteiger partial charge in [0.05, 0.1) is 7.11 Å². The monoisotopic (exact) mass is 291 g/mol. The summed E-state index contributed by atoms with van der Waals surface area (Å²) in [4.78, 5) is 23.0. The molecule has 5 heteroatoms. The van der Waals surface area contributed by atoms with Gasteiger partial charge in [0.2, 0.25) is 0 Å². The van der Waals surface area contributed by atoms with Crippen molar-refractivity contribution in [1.29, 1.82) is 0 Å². The first-order valence-corrected chi connectivity index (χ1v) is 6.84. The predicted molar refractivity (Wildman–Crippen MR) is 80.9 cm³/mol. The van der Waals surface area contributed by atoms with Gasteiger partial charge in [0, 0.05) is 17.7 Å². The molecule has 0 radical (unpaired) electrons. The summed E-state index contributed by atoms with van der Waals surface area (Å²) in [5, 5.41) is 2.72. The third kappa shape index (κ3) is 6.12. The van der Waals surface area contributed by atoms with Crippen molar-refractivity contribution in [2.45, 2.75) is 26.3 Å². The topological polar surface area (TPSA) is 64.6 Å². The quantitative estimate of drug-likeness (QED) is 0.617. The second kappa shape index (κ2) is 8.79. The van der Waals surface area contributed by atoms with E-state index in [1.165, 1.54) is 6.08 Å². The first-order chi connectivity index (χ1) is 10.1. The van der Waals surface area contributed by atoms with Crippen LogP contribution in [0.4, 0.5) is 0 Å². The molecule has 0 unspecified atom stereocenters. The largest absolute Gasteiger partial charge is 0.496 e. The van der Waals surface area contributed by atoms with Gasteiger partial charge >= 0.3 is 5.97 Å². The number of benzene rings is 1. The fourth-order valence-electron chi connectivity index (χ4n) is 1.57. The highest BCUT2D eigenvalue weighted by atomic mass is 16.5. The number of carbonyl (C=O) groups excluding carboxylic acids is 2. The molecule has 5 nitrogen and oxygen atoms in total. The highest BCUT2D eigenvalue weighted by Crippen LogP contribution is 2.18. The molecule has 0 saturated heterocycles. The SMILES string of the molecule is CC[C@@H](C)NC(=O)COC(=O)/C=C/c1ccccc1OC. The molecule has 1 atom stereocenters. The summed E-state index contributed by atoms with van der Waals surface area (Å²) in [5.74, 6) is -0.209. The molecule has 1 aromatic rings. The molecule has 0 aliphatic heterocycles. The van der Waals surface area contributed by atoms with Gasteiger partial charge in [0.1, 0.15) is 5.75 Å². The van der Waals surface area contributed by atoms with Crippen molar-refractivity contribution in [2.24, 2.45) is 0 Å². The molecule has 21 heavy (non-hydrogen) atoms. The Balaban J connectivity index is 2.46. The molecule has 0 bridgehead atoms. The number of methoxy groups -OCH3 is 1. The van der Waals surface area contributed by atoms with Crippen molar-refractivity contribution in [3.63, 3.8) is 0 Å². The van der Waals surface area contributed by atoms with E-state index in [4.69, 9.17) is 9.47 Å². The molecule has 0 aliphatic rings. The fourth-order valence-corrected chi connectivity index (χ4v) is 1.57. The Labute approximate surface area is 124 Å². The van der Waals surface area contributed by atoms with Crippen LogP contribution in [0.5, 0.6) is 5.75 Å². The lowest BCUT2D eigenvalue weighted by atomic mass is 10.2. The van der Waals surface area contributed by atoms with E-state index in [1.54, 1.807) is 19.3 Å². The van der Waals surface area contributed by atoms with E-state index in [0.29, 0.717) is 5.75 Å². The third-order valence-corrected chi connectivity index (χ3v) is 2.90. The Kier molecular flexibility index (Phi) is 7.01. The number of carbonyl (C=O) groups is 2. The summed E-state index contributed by atoms with van der Waals surface area (Å²) in [5.41, 5.74) is 0.765. The first kappa shape index (κ1) is 16.8. The summed E-state index contributed by atoms with van der Waals surface area (Å²) in [7, 11) is 1.56. The maximum Gasteiger partial charge on any atom is 0.331 e. The van der Waals surface area contributed by atoms with E-state index in [-0.39, 0.29) is 18.6 Å². The van der Waals surface area contributed by atoms with Crippen molar-refractivity contribution in [3.05, 3.63) is 35.9 Å². The number of hydrogen-bond donors (Lipinski definition) is 1. The molecular weight excluding hydrogens is 270 g/mol. The molecule has 1 amide bonds. The number of rotatable bonds is 7. The van der Waals surface area contributed by atoms with E-state index in [1.807, 2.05) is 32.0 Å². The normalized spacial score (nSPS) is 12.0. The van der Waals surface area contributed by atoms with E-state index in [9.17, 15) is 9.59 Å². The highest BCUT2D eigenvalue weighted by Gasteiger charge is 2.07. The van der Waals surface area contributed by atoms with Gasteiger partial charge in [-0.3, -0.25) is 4.79 Å². The fraction of sp³-hybridized carbons (Fsp3) is 0.375. The van der Waals surface area contributed by atoms with Crippen LogP contribution >= 0.6 is 0 Å². The molecule has 1 rings (SSSR count). The maximum absolute atomic E-state index is 11.5. The average Bonchev–Trinajstić information content (AvgIpc) is 2.50. The zero-order chi connectivity index (χ0) is 15.7. The summed E-state index contributed by atoms with van der Waals surface area (Å²) in [6.07, 6.45) is 3.69. The minimum Gasteiger partial charge on any atom is -0.496 e. The minimum absolute atomic E-state index is 0.0697. The number of amides is 1. The zero-order valence-corrected chi connectivity index (χ0v) is 12.6. The van der Waals surface area contributed by atoms with Crippen LogP contribution in [0.1, 0.15) is 25.8 Å². The predicted octanol–water partition coefficient (Wildman–Crippen LogP) is 2.17. The minimum atomic E-state index is -0.569. The number of ether oxygens (including phenoxy) is 2. The van der Waals surface area contributed by atoms with Crippen LogP contribution in [0, 0.1) is 0 Å². The maximum atomic E-state index is 11.5. The summed E-state index contributed by atoms with van der Waals surface area (Å²) in [6.45, 7) is 3.58. The van der Waals surface area contributed by atoms with Crippen molar-refractivity contribution in [3.8, 4) is 5.75 Å². The van der Waals surface area contributed by atoms with E-state index < -0.39 is 5.97 Å². The Morgan fingerprint density at radius 2 is 2.05 bits per heavy atom. The van der Waals surface area contributed by atoms with Crippen molar-refractivity contribution < 1.29 is 19.1 Å². The lowest BCUT2D eigenvalue weighted by Gasteiger charge is -2.10. The molecule has 0 saturated carbocycles. The van der Waals surface area contributed by atoms with Gasteiger partial charge in [-0.2, -0.15) is 0 Å². The van der Waals surface area contributed by atoms with Gasteiger partial charge < -0.3 is 14.8 Å². The van der Waals surface area contributed by atoms with Gasteiger partial charge in [-0.25, -0.2) is 4.79 Å². The summed E-state index contributed by atoms with van der Waals surface area (Å²) >= 11 is 0. The van der Waals surface area contributed by atoms with Crippen LogP contribution in [0.2, 0.25) is 0 Å². The molecule has 0 fully saturated rings. The van der Waals surface area contributed by atoms with Gasteiger partial charge in [0.25, 0.3) is 5.91 Å². The first-order valence-electron chi connectivity index (χ1n) is 6.84. The Bertz CT molecular complexity index is 511. The Morgan fingerprint density at radius 1 is 1.33 bits per heavy atom. The van der Waals surface area contributed by atoms with E-state index in [2.05, 4.69) is 5.32 Å². The second-order valence-electron chi connectivity index (χ2n) is 4.56. The Hall–Kier alpha value is -2.30. The van der Waals surface area contributed by atoms with Crippen LogP contribution in [-0.2, 0) is 14.3 Å². The summed E-state index contributed by atoms with van der Waals surface area (Å²) in [6, 6.07) is 7.37. The van der Waals surface area contributed by atoms with Crippen LogP contribution in [0.25, 0.3) is 6.08 Å². The number of nitrogens with one attached hydrogen (secondary N) is 1. The van der Waals surface area contributed by atoms with Crippen LogP contribution in [0.3, 0.4) is 0 Å². The van der Waals surface area contributed by atoms with Gasteiger partial charge in [0.15, 0.2) is 6.61 Å². The highest BCUT2D eigenvalue weighted by molar-refractivity contribution is 5.89. The number of esters is 1. The van der Waals surface area contributed by atoms with Gasteiger partial charge in [-0.05, 0) is 25.5 Å². The lowest BCUT2D eigenvalue weighted by Crippen LogP contribution is -2.35. The number of para-hydroxylation sites is 1. The van der Waals surface area contributed by atoms with Crippen molar-refractivity contribution in [2.75, 3.05) is 13.7 Å². The molecule has 1 N–H and O–H groups in total. The molecular formula is C16H21NO4. The average molecular weight is 291 g/mol. The molecule has 0 aromatic heterocycles. The van der Waals surface area contributed by atoms with E-state index in [0.717, 1.165) is 12.0 Å². The van der Waals surface area contributed by atoms with Crippen molar-refractivity contribution >= 4 is 18.0 Å². The summed E-state index contributed by atoms with van der Waals surface area (Å²) < 4.78 is 10.0. The molecule has 0 aliphatic carbocycles.